The molecule has 0 heterocycles. The van der Waals surface area contributed by atoms with Crippen LogP contribution in [0.1, 0.15) is 48.0 Å². The van der Waals surface area contributed by atoms with E-state index < -0.39 is 0 Å². The molecule has 150 valence electrons. The molecule has 2 saturated carbocycles. The fourth-order valence-electron chi connectivity index (χ4n) is 4.70. The number of rotatable bonds is 5. The van der Waals surface area contributed by atoms with Gasteiger partial charge in [-0.25, -0.2) is 0 Å². The maximum Gasteiger partial charge on any atom is 0.251 e. The Balaban J connectivity index is 0.00000225. The molecule has 3 N–H and O–H groups in total. The van der Waals surface area contributed by atoms with Crippen LogP contribution in [-0.4, -0.2) is 18.0 Å². The average molecular weight is 401 g/mol. The lowest BCUT2D eigenvalue weighted by Crippen LogP contribution is -2.53. The second kappa shape index (κ2) is 9.44. The molecular weight excluding hydrogens is 372 g/mol. The first kappa shape index (κ1) is 20.7. The summed E-state index contributed by atoms with van der Waals surface area (Å²) in [5.41, 5.74) is 7.96. The first-order valence-corrected chi connectivity index (χ1v) is 10.0. The predicted molar refractivity (Wildman–Crippen MR) is 114 cm³/mol. The Morgan fingerprint density at radius 3 is 2.29 bits per heavy atom. The van der Waals surface area contributed by atoms with Crippen LogP contribution in [0.5, 0.6) is 5.75 Å². The quantitative estimate of drug-likeness (QED) is 0.785. The van der Waals surface area contributed by atoms with E-state index in [1.165, 1.54) is 19.3 Å². The van der Waals surface area contributed by atoms with Gasteiger partial charge in [0.05, 0.1) is 0 Å². The Bertz CT molecular complexity index is 752. The van der Waals surface area contributed by atoms with Crippen molar-refractivity contribution in [1.29, 1.82) is 0 Å². The molecule has 5 heteroatoms. The SMILES string of the molecule is Cl.NC1CC2CCCC(C1)C2NC(=O)c1ccc(COc2ccccc2)cc1. The van der Waals surface area contributed by atoms with E-state index in [1.54, 1.807) is 0 Å². The highest BCUT2D eigenvalue weighted by atomic mass is 35.5. The maximum absolute atomic E-state index is 12.7. The average Bonchev–Trinajstić information content (AvgIpc) is 2.68. The van der Waals surface area contributed by atoms with E-state index in [1.807, 2.05) is 54.6 Å². The van der Waals surface area contributed by atoms with Gasteiger partial charge in [0.2, 0.25) is 0 Å². The van der Waals surface area contributed by atoms with E-state index in [4.69, 9.17) is 10.5 Å². The van der Waals surface area contributed by atoms with Gasteiger partial charge in [-0.2, -0.15) is 0 Å². The van der Waals surface area contributed by atoms with E-state index in [0.717, 1.165) is 24.2 Å². The summed E-state index contributed by atoms with van der Waals surface area (Å²) in [5.74, 6) is 1.95. The fraction of sp³-hybridized carbons (Fsp3) is 0.435. The van der Waals surface area contributed by atoms with E-state index in [9.17, 15) is 4.79 Å². The van der Waals surface area contributed by atoms with Crippen LogP contribution in [0.15, 0.2) is 54.6 Å². The molecule has 2 bridgehead atoms. The van der Waals surface area contributed by atoms with Crippen molar-refractivity contribution in [3.8, 4) is 5.75 Å². The molecule has 2 aromatic rings. The summed E-state index contributed by atoms with van der Waals surface area (Å²) in [6, 6.07) is 18.1. The lowest BCUT2D eigenvalue weighted by Gasteiger charge is -2.45. The van der Waals surface area contributed by atoms with Crippen LogP contribution in [0.2, 0.25) is 0 Å². The van der Waals surface area contributed by atoms with Gasteiger partial charge in [-0.05, 0) is 67.3 Å². The number of fused-ring (bicyclic) bond motifs is 2. The van der Waals surface area contributed by atoms with Crippen molar-refractivity contribution in [3.05, 3.63) is 65.7 Å². The molecule has 2 unspecified atom stereocenters. The normalized spacial score (nSPS) is 26.0. The topological polar surface area (TPSA) is 64.3 Å². The van der Waals surface area contributed by atoms with Crippen LogP contribution in [0.25, 0.3) is 0 Å². The highest BCUT2D eigenvalue weighted by Crippen LogP contribution is 2.39. The monoisotopic (exact) mass is 400 g/mol. The summed E-state index contributed by atoms with van der Waals surface area (Å²) < 4.78 is 5.76. The molecule has 1 amide bonds. The van der Waals surface area contributed by atoms with Crippen molar-refractivity contribution in [1.82, 2.24) is 5.32 Å². The molecule has 0 saturated heterocycles. The van der Waals surface area contributed by atoms with Gasteiger partial charge in [0, 0.05) is 17.6 Å². The first-order chi connectivity index (χ1) is 13.2. The number of para-hydroxylation sites is 1. The smallest absolute Gasteiger partial charge is 0.251 e. The minimum atomic E-state index is 0. The molecule has 0 aromatic heterocycles. The summed E-state index contributed by atoms with van der Waals surface area (Å²) in [7, 11) is 0. The van der Waals surface area contributed by atoms with Gasteiger partial charge in [0.15, 0.2) is 0 Å². The van der Waals surface area contributed by atoms with E-state index >= 15 is 0 Å². The third-order valence-corrected chi connectivity index (χ3v) is 6.04. The van der Waals surface area contributed by atoms with Gasteiger partial charge in [-0.1, -0.05) is 36.8 Å². The number of nitrogens with two attached hydrogens (primary N) is 1. The second-order valence-electron chi connectivity index (χ2n) is 7.98. The molecule has 0 aliphatic heterocycles. The Morgan fingerprint density at radius 2 is 1.64 bits per heavy atom. The number of hydrogen-bond acceptors (Lipinski definition) is 3. The molecule has 2 aliphatic carbocycles. The number of amides is 1. The van der Waals surface area contributed by atoms with Gasteiger partial charge < -0.3 is 15.8 Å². The Hall–Kier alpha value is -2.04. The highest BCUT2D eigenvalue weighted by molar-refractivity contribution is 5.94. The third-order valence-electron chi connectivity index (χ3n) is 6.04. The molecular formula is C23H29ClN2O2. The lowest BCUT2D eigenvalue weighted by molar-refractivity contribution is 0.0756. The van der Waals surface area contributed by atoms with Gasteiger partial charge in [-0.3, -0.25) is 4.79 Å². The van der Waals surface area contributed by atoms with Crippen molar-refractivity contribution < 1.29 is 9.53 Å². The molecule has 0 spiro atoms. The largest absolute Gasteiger partial charge is 0.489 e. The fourth-order valence-corrected chi connectivity index (χ4v) is 4.70. The number of carbonyl (C=O) groups excluding carboxylic acids is 1. The van der Waals surface area contributed by atoms with Crippen LogP contribution in [0.4, 0.5) is 0 Å². The van der Waals surface area contributed by atoms with Crippen molar-refractivity contribution in [2.45, 2.75) is 50.8 Å². The van der Waals surface area contributed by atoms with Gasteiger partial charge in [-0.15, -0.1) is 12.4 Å². The van der Waals surface area contributed by atoms with Crippen LogP contribution >= 0.6 is 12.4 Å². The van der Waals surface area contributed by atoms with Crippen molar-refractivity contribution in [2.75, 3.05) is 0 Å². The number of ether oxygens (including phenoxy) is 1. The zero-order valence-electron chi connectivity index (χ0n) is 16.1. The zero-order valence-corrected chi connectivity index (χ0v) is 16.9. The molecule has 28 heavy (non-hydrogen) atoms. The summed E-state index contributed by atoms with van der Waals surface area (Å²) >= 11 is 0. The Morgan fingerprint density at radius 1 is 1.00 bits per heavy atom. The molecule has 2 fully saturated rings. The van der Waals surface area contributed by atoms with Crippen LogP contribution in [-0.2, 0) is 6.61 Å². The van der Waals surface area contributed by atoms with Crippen LogP contribution < -0.4 is 15.8 Å². The van der Waals surface area contributed by atoms with Gasteiger partial charge in [0.1, 0.15) is 12.4 Å². The van der Waals surface area contributed by atoms with Crippen molar-refractivity contribution in [3.63, 3.8) is 0 Å². The second-order valence-corrected chi connectivity index (χ2v) is 7.98. The van der Waals surface area contributed by atoms with Gasteiger partial charge in [0.25, 0.3) is 5.91 Å². The van der Waals surface area contributed by atoms with E-state index in [0.29, 0.717) is 30.0 Å². The number of halogens is 1. The van der Waals surface area contributed by atoms with Crippen molar-refractivity contribution >= 4 is 18.3 Å². The highest BCUT2D eigenvalue weighted by Gasteiger charge is 2.39. The third kappa shape index (κ3) is 4.86. The van der Waals surface area contributed by atoms with Crippen molar-refractivity contribution in [2.24, 2.45) is 17.6 Å². The summed E-state index contributed by atoms with van der Waals surface area (Å²) in [4.78, 5) is 12.7. The minimum absolute atomic E-state index is 0. The number of hydrogen-bond donors (Lipinski definition) is 2. The molecule has 4 nitrogen and oxygen atoms in total. The Kier molecular flexibility index (Phi) is 6.97. The summed E-state index contributed by atoms with van der Waals surface area (Å²) in [6.45, 7) is 0.497. The first-order valence-electron chi connectivity index (χ1n) is 10.0. The molecule has 4 rings (SSSR count). The Labute approximate surface area is 173 Å². The summed E-state index contributed by atoms with van der Waals surface area (Å²) in [6.07, 6.45) is 5.72. The zero-order chi connectivity index (χ0) is 18.6. The van der Waals surface area contributed by atoms with Crippen LogP contribution in [0, 0.1) is 11.8 Å². The minimum Gasteiger partial charge on any atom is -0.489 e. The summed E-state index contributed by atoms with van der Waals surface area (Å²) in [5, 5.41) is 3.31. The number of benzene rings is 2. The standard InChI is InChI=1S/C23H28N2O2.ClH/c24-20-13-18-5-4-6-19(14-20)22(18)25-23(26)17-11-9-16(10-12-17)15-27-21-7-2-1-3-8-21;/h1-3,7-12,18-20,22H,4-6,13-15,24H2,(H,25,26);1H. The molecule has 2 aliphatic rings. The maximum atomic E-state index is 12.7. The number of nitrogens with one attached hydrogen (secondary N) is 1. The molecule has 0 radical (unpaired) electrons. The lowest BCUT2D eigenvalue weighted by atomic mass is 9.67. The van der Waals surface area contributed by atoms with E-state index in [2.05, 4.69) is 5.32 Å². The molecule has 2 aromatic carbocycles. The number of carbonyl (C=O) groups is 1. The van der Waals surface area contributed by atoms with Gasteiger partial charge >= 0.3 is 0 Å². The predicted octanol–water partition coefficient (Wildman–Crippen LogP) is 4.32. The molecule has 2 atom stereocenters. The van der Waals surface area contributed by atoms with E-state index in [-0.39, 0.29) is 24.4 Å². The van der Waals surface area contributed by atoms with Crippen LogP contribution in [0.3, 0.4) is 0 Å².